The molecule has 1 aromatic rings. The van der Waals surface area contributed by atoms with Crippen LogP contribution in [-0.2, 0) is 14.8 Å². The van der Waals surface area contributed by atoms with Gasteiger partial charge in [-0.15, -0.1) is 0 Å². The van der Waals surface area contributed by atoms with Crippen LogP contribution in [0.25, 0.3) is 0 Å². The van der Waals surface area contributed by atoms with E-state index in [0.717, 1.165) is 12.1 Å². The lowest BCUT2D eigenvalue weighted by molar-refractivity contribution is -0.139. The number of aliphatic carboxylic acids is 1. The van der Waals surface area contributed by atoms with Gasteiger partial charge in [-0.3, -0.25) is 4.79 Å². The number of aliphatic hydroxyl groups excluding tert-OH is 1. The zero-order chi connectivity index (χ0) is 14.8. The molecule has 0 fully saturated rings. The molecule has 0 saturated carbocycles. The molecule has 3 N–H and O–H groups in total. The van der Waals surface area contributed by atoms with E-state index in [1.165, 1.54) is 0 Å². The fraction of sp³-hybridized carbons (Fsp3) is 0.222. The van der Waals surface area contributed by atoms with Crippen LogP contribution in [-0.4, -0.2) is 37.2 Å². The van der Waals surface area contributed by atoms with E-state index < -0.39 is 33.5 Å². The Bertz CT molecular complexity index is 581. The van der Waals surface area contributed by atoms with Gasteiger partial charge in [-0.1, -0.05) is 34.8 Å². The number of aliphatic hydroxyl groups is 1. The van der Waals surface area contributed by atoms with Crippen LogP contribution >= 0.6 is 34.8 Å². The molecule has 19 heavy (non-hydrogen) atoms. The zero-order valence-electron chi connectivity index (χ0n) is 9.10. The second-order valence-corrected chi connectivity index (χ2v) is 6.29. The van der Waals surface area contributed by atoms with E-state index in [1.807, 2.05) is 0 Å². The predicted molar refractivity (Wildman–Crippen MR) is 70.3 cm³/mol. The number of benzene rings is 1. The van der Waals surface area contributed by atoms with Crippen LogP contribution in [0.5, 0.6) is 0 Å². The van der Waals surface area contributed by atoms with Crippen molar-refractivity contribution in [1.29, 1.82) is 0 Å². The van der Waals surface area contributed by atoms with Crippen LogP contribution in [0, 0.1) is 0 Å². The Hall–Kier alpha value is -0.570. The number of rotatable bonds is 5. The first-order valence-corrected chi connectivity index (χ1v) is 7.31. The summed E-state index contributed by atoms with van der Waals surface area (Å²) in [6.45, 7) is -0.919. The summed E-state index contributed by atoms with van der Waals surface area (Å²) in [5.41, 5.74) is 0. The number of hydrogen-bond acceptors (Lipinski definition) is 4. The van der Waals surface area contributed by atoms with Gasteiger partial charge in [0.1, 0.15) is 10.9 Å². The molecule has 0 heterocycles. The molecule has 0 aliphatic heterocycles. The van der Waals surface area contributed by atoms with Crippen molar-refractivity contribution >= 4 is 50.8 Å². The number of carboxylic acid groups (broad SMARTS) is 1. The lowest BCUT2D eigenvalue weighted by Crippen LogP contribution is -2.43. The van der Waals surface area contributed by atoms with Gasteiger partial charge in [-0.2, -0.15) is 4.72 Å². The zero-order valence-corrected chi connectivity index (χ0v) is 12.2. The van der Waals surface area contributed by atoms with E-state index in [2.05, 4.69) is 0 Å². The molecule has 0 aromatic heterocycles. The molecule has 0 radical (unpaired) electrons. The largest absolute Gasteiger partial charge is 0.480 e. The van der Waals surface area contributed by atoms with Crippen LogP contribution < -0.4 is 4.72 Å². The number of sulfonamides is 1. The van der Waals surface area contributed by atoms with Crippen LogP contribution in [0.2, 0.25) is 15.1 Å². The van der Waals surface area contributed by atoms with E-state index in [9.17, 15) is 13.2 Å². The molecule has 0 bridgehead atoms. The molecule has 0 aliphatic rings. The molecular formula is C9H8Cl3NO5S. The minimum Gasteiger partial charge on any atom is -0.480 e. The normalized spacial score (nSPS) is 13.3. The topological polar surface area (TPSA) is 104 Å². The third-order valence-corrected chi connectivity index (χ3v) is 4.62. The predicted octanol–water partition coefficient (Wildman–Crippen LogP) is 1.37. The van der Waals surface area contributed by atoms with Crippen molar-refractivity contribution in [3.05, 3.63) is 27.2 Å². The third-order valence-electron chi connectivity index (χ3n) is 2.01. The molecule has 10 heteroatoms. The lowest BCUT2D eigenvalue weighted by atomic mass is 10.3. The van der Waals surface area contributed by atoms with Crippen molar-refractivity contribution < 1.29 is 23.4 Å². The Morgan fingerprint density at radius 3 is 2.11 bits per heavy atom. The van der Waals surface area contributed by atoms with Gasteiger partial charge in [0.05, 0.1) is 16.7 Å². The molecule has 0 spiro atoms. The van der Waals surface area contributed by atoms with Gasteiger partial charge >= 0.3 is 5.97 Å². The number of carbonyl (C=O) groups is 1. The first-order valence-electron chi connectivity index (χ1n) is 4.69. The van der Waals surface area contributed by atoms with Gasteiger partial charge in [0.2, 0.25) is 10.0 Å². The molecule has 0 unspecified atom stereocenters. The van der Waals surface area contributed by atoms with Crippen LogP contribution in [0.15, 0.2) is 17.0 Å². The Morgan fingerprint density at radius 2 is 1.74 bits per heavy atom. The molecule has 1 aromatic carbocycles. The fourth-order valence-electron chi connectivity index (χ4n) is 1.20. The van der Waals surface area contributed by atoms with E-state index in [0.29, 0.717) is 0 Å². The van der Waals surface area contributed by atoms with E-state index in [4.69, 9.17) is 45.0 Å². The summed E-state index contributed by atoms with van der Waals surface area (Å²) in [7, 11) is -4.31. The number of carboxylic acids is 1. The van der Waals surface area contributed by atoms with Crippen LogP contribution in [0.3, 0.4) is 0 Å². The number of nitrogens with one attached hydrogen (secondary N) is 1. The Balaban J connectivity index is 3.25. The molecule has 1 atom stereocenters. The number of halogens is 3. The number of hydrogen-bond donors (Lipinski definition) is 3. The highest BCUT2D eigenvalue weighted by Crippen LogP contribution is 2.32. The maximum Gasteiger partial charge on any atom is 0.324 e. The molecule has 0 amide bonds. The quantitative estimate of drug-likeness (QED) is 0.745. The smallest absolute Gasteiger partial charge is 0.324 e. The summed E-state index contributed by atoms with van der Waals surface area (Å²) in [6.07, 6.45) is 0. The van der Waals surface area contributed by atoms with Gasteiger partial charge in [-0.25, -0.2) is 8.42 Å². The van der Waals surface area contributed by atoms with E-state index in [1.54, 1.807) is 4.72 Å². The Morgan fingerprint density at radius 1 is 1.26 bits per heavy atom. The summed E-state index contributed by atoms with van der Waals surface area (Å²) >= 11 is 17.1. The van der Waals surface area contributed by atoms with Gasteiger partial charge in [-0.05, 0) is 12.1 Å². The van der Waals surface area contributed by atoms with Crippen molar-refractivity contribution in [2.24, 2.45) is 0 Å². The van der Waals surface area contributed by atoms with Crippen molar-refractivity contribution in [2.75, 3.05) is 6.61 Å². The average molecular weight is 349 g/mol. The molecule has 0 saturated heterocycles. The molecule has 6 nitrogen and oxygen atoms in total. The molecule has 0 aliphatic carbocycles. The first kappa shape index (κ1) is 16.5. The average Bonchev–Trinajstić information content (AvgIpc) is 2.23. The highest BCUT2D eigenvalue weighted by atomic mass is 35.5. The van der Waals surface area contributed by atoms with Crippen molar-refractivity contribution in [3.8, 4) is 0 Å². The summed E-state index contributed by atoms with van der Waals surface area (Å²) in [5.74, 6) is -1.53. The van der Waals surface area contributed by atoms with Crippen LogP contribution in [0.4, 0.5) is 0 Å². The van der Waals surface area contributed by atoms with Crippen molar-refractivity contribution in [1.82, 2.24) is 4.72 Å². The van der Waals surface area contributed by atoms with Gasteiger partial charge < -0.3 is 10.2 Å². The maximum absolute atomic E-state index is 12.0. The highest BCUT2D eigenvalue weighted by Gasteiger charge is 2.28. The summed E-state index contributed by atoms with van der Waals surface area (Å²) in [5, 5.41) is 17.1. The van der Waals surface area contributed by atoms with E-state index >= 15 is 0 Å². The Kier molecular flexibility index (Phi) is 5.43. The standard InChI is InChI=1S/C9H8Cl3NO5S/c10-4-1-5(11)8(6(12)2-4)19(17,18)13-7(3-14)9(15)16/h1-2,7,13-14H,3H2,(H,15,16)/t7-/m1/s1. The molecule has 106 valence electrons. The van der Waals surface area contributed by atoms with Crippen LogP contribution in [0.1, 0.15) is 0 Å². The summed E-state index contributed by atoms with van der Waals surface area (Å²) in [4.78, 5) is 10.2. The lowest BCUT2D eigenvalue weighted by Gasteiger charge is -2.14. The summed E-state index contributed by atoms with van der Waals surface area (Å²) < 4.78 is 25.7. The maximum atomic E-state index is 12.0. The SMILES string of the molecule is O=C(O)[C@@H](CO)NS(=O)(=O)c1c(Cl)cc(Cl)cc1Cl. The van der Waals surface area contributed by atoms with E-state index in [-0.39, 0.29) is 15.1 Å². The van der Waals surface area contributed by atoms with Gasteiger partial charge in [0.15, 0.2) is 0 Å². The highest BCUT2D eigenvalue weighted by molar-refractivity contribution is 7.89. The third kappa shape index (κ3) is 3.95. The van der Waals surface area contributed by atoms with Crippen molar-refractivity contribution in [3.63, 3.8) is 0 Å². The minimum atomic E-state index is -4.31. The molecular weight excluding hydrogens is 341 g/mol. The second kappa shape index (κ2) is 6.25. The van der Waals surface area contributed by atoms with Gasteiger partial charge in [0.25, 0.3) is 0 Å². The fourth-order valence-corrected chi connectivity index (χ4v) is 3.92. The van der Waals surface area contributed by atoms with Crippen molar-refractivity contribution in [2.45, 2.75) is 10.9 Å². The second-order valence-electron chi connectivity index (χ2n) is 3.39. The molecule has 1 rings (SSSR count). The first-order chi connectivity index (χ1) is 8.69. The minimum absolute atomic E-state index is 0.130. The summed E-state index contributed by atoms with van der Waals surface area (Å²) in [6, 6.07) is 0.601. The monoisotopic (exact) mass is 347 g/mol. The van der Waals surface area contributed by atoms with Gasteiger partial charge in [0, 0.05) is 5.02 Å². The Labute approximate surface area is 123 Å².